The van der Waals surface area contributed by atoms with Crippen molar-refractivity contribution in [1.29, 1.82) is 0 Å². The smallest absolute Gasteiger partial charge is 0.337 e. The molecule has 114 valence electrons. The number of aryl methyl sites for hydroxylation is 2. The lowest BCUT2D eigenvalue weighted by Crippen LogP contribution is -2.08. The van der Waals surface area contributed by atoms with Crippen LogP contribution < -0.4 is 5.73 Å². The predicted octanol–water partition coefficient (Wildman–Crippen LogP) is 3.10. The van der Waals surface area contributed by atoms with Crippen LogP contribution in [0.1, 0.15) is 37.4 Å². The van der Waals surface area contributed by atoms with Crippen LogP contribution in [0.2, 0.25) is 0 Å². The topological polar surface area (TPSA) is 69.4 Å². The molecule has 0 radical (unpaired) electrons. The van der Waals surface area contributed by atoms with Gasteiger partial charge in [-0.05, 0) is 54.8 Å². The first-order valence-corrected chi connectivity index (χ1v) is 6.99. The zero-order valence-corrected chi connectivity index (χ0v) is 13.0. The molecule has 2 N–H and O–H groups in total. The van der Waals surface area contributed by atoms with Crippen LogP contribution in [0, 0.1) is 13.8 Å². The van der Waals surface area contributed by atoms with E-state index in [9.17, 15) is 9.59 Å². The number of hydrogen-bond donors (Lipinski definition) is 1. The monoisotopic (exact) mass is 297 g/mol. The van der Waals surface area contributed by atoms with Crippen LogP contribution >= 0.6 is 0 Å². The largest absolute Gasteiger partial charge is 0.465 e. The van der Waals surface area contributed by atoms with E-state index in [1.54, 1.807) is 18.2 Å². The third-order valence-electron chi connectivity index (χ3n) is 3.63. The van der Waals surface area contributed by atoms with Crippen molar-refractivity contribution < 1.29 is 14.3 Å². The molecule has 2 aromatic carbocycles. The number of anilines is 1. The Morgan fingerprint density at radius 2 is 1.82 bits per heavy atom. The van der Waals surface area contributed by atoms with Gasteiger partial charge in [-0.15, -0.1) is 0 Å². The molecule has 0 aliphatic rings. The van der Waals surface area contributed by atoms with Gasteiger partial charge in [0.15, 0.2) is 5.78 Å². The zero-order chi connectivity index (χ0) is 16.3. The maximum absolute atomic E-state index is 12.5. The lowest BCUT2D eigenvalue weighted by Gasteiger charge is -2.09. The second kappa shape index (κ2) is 6.43. The minimum atomic E-state index is -0.409. The number of carbonyl (C=O) groups is 2. The highest BCUT2D eigenvalue weighted by Crippen LogP contribution is 2.20. The average Bonchev–Trinajstić information content (AvgIpc) is 2.50. The first-order chi connectivity index (χ1) is 10.4. The first-order valence-electron chi connectivity index (χ1n) is 6.99. The molecule has 0 atom stereocenters. The molecule has 4 nitrogen and oxygen atoms in total. The SMILES string of the molecule is COC(=O)c1cccc(CC(=O)c2cc(C)c(N)cc2C)c1. The molecular weight excluding hydrogens is 278 g/mol. The number of ketones is 1. The molecular formula is C18H19NO3. The fourth-order valence-electron chi connectivity index (χ4n) is 2.35. The van der Waals surface area contributed by atoms with Gasteiger partial charge in [0.25, 0.3) is 0 Å². The van der Waals surface area contributed by atoms with Crippen LogP contribution in [0.4, 0.5) is 5.69 Å². The van der Waals surface area contributed by atoms with E-state index in [0.29, 0.717) is 16.8 Å². The number of nitrogen functional groups attached to an aromatic ring is 1. The Morgan fingerprint density at radius 1 is 1.09 bits per heavy atom. The van der Waals surface area contributed by atoms with Gasteiger partial charge in [-0.3, -0.25) is 4.79 Å². The van der Waals surface area contributed by atoms with Gasteiger partial charge in [-0.2, -0.15) is 0 Å². The number of hydrogen-bond acceptors (Lipinski definition) is 4. The third-order valence-corrected chi connectivity index (χ3v) is 3.63. The molecule has 0 heterocycles. The van der Waals surface area contributed by atoms with Gasteiger partial charge >= 0.3 is 5.97 Å². The number of ether oxygens (including phenoxy) is 1. The van der Waals surface area contributed by atoms with E-state index in [1.807, 2.05) is 32.0 Å². The zero-order valence-electron chi connectivity index (χ0n) is 13.0. The van der Waals surface area contributed by atoms with Crippen molar-refractivity contribution >= 4 is 17.4 Å². The summed E-state index contributed by atoms with van der Waals surface area (Å²) in [6.45, 7) is 3.75. The molecule has 0 amide bonds. The number of rotatable bonds is 4. The lowest BCUT2D eigenvalue weighted by atomic mass is 9.96. The van der Waals surface area contributed by atoms with Crippen molar-refractivity contribution in [2.45, 2.75) is 20.3 Å². The van der Waals surface area contributed by atoms with Gasteiger partial charge < -0.3 is 10.5 Å². The van der Waals surface area contributed by atoms with Crippen LogP contribution in [0.3, 0.4) is 0 Å². The van der Waals surface area contributed by atoms with E-state index in [0.717, 1.165) is 16.7 Å². The molecule has 0 bridgehead atoms. The molecule has 0 unspecified atom stereocenters. The standard InChI is InChI=1S/C18H19NO3/c1-11-8-16(19)12(2)7-15(11)17(20)10-13-5-4-6-14(9-13)18(21)22-3/h4-9H,10,19H2,1-3H3. The fourth-order valence-corrected chi connectivity index (χ4v) is 2.35. The maximum atomic E-state index is 12.5. The second-order valence-corrected chi connectivity index (χ2v) is 5.32. The third kappa shape index (κ3) is 3.34. The molecule has 4 heteroatoms. The highest BCUT2D eigenvalue weighted by atomic mass is 16.5. The number of Topliss-reactive ketones (excluding diaryl/α,β-unsaturated/α-hetero) is 1. The molecule has 2 aromatic rings. The summed E-state index contributed by atoms with van der Waals surface area (Å²) in [5.41, 5.74) is 10.2. The van der Waals surface area contributed by atoms with Crippen molar-refractivity contribution in [2.24, 2.45) is 0 Å². The second-order valence-electron chi connectivity index (χ2n) is 5.32. The molecule has 22 heavy (non-hydrogen) atoms. The van der Waals surface area contributed by atoms with E-state index in [4.69, 9.17) is 10.5 Å². The van der Waals surface area contributed by atoms with Crippen molar-refractivity contribution in [3.05, 3.63) is 64.2 Å². The van der Waals surface area contributed by atoms with Crippen LogP contribution in [0.15, 0.2) is 36.4 Å². The Hall–Kier alpha value is -2.62. The summed E-state index contributed by atoms with van der Waals surface area (Å²) in [7, 11) is 1.33. The van der Waals surface area contributed by atoms with Crippen molar-refractivity contribution in [3.8, 4) is 0 Å². The summed E-state index contributed by atoms with van der Waals surface area (Å²) in [6, 6.07) is 10.5. The minimum absolute atomic E-state index is 0.00242. The van der Waals surface area contributed by atoms with Gasteiger partial charge in [-0.1, -0.05) is 12.1 Å². The predicted molar refractivity (Wildman–Crippen MR) is 86.1 cm³/mol. The molecule has 0 fully saturated rings. The fraction of sp³-hybridized carbons (Fsp3) is 0.222. The van der Waals surface area contributed by atoms with Crippen LogP contribution in [-0.4, -0.2) is 18.9 Å². The Morgan fingerprint density at radius 3 is 2.50 bits per heavy atom. The normalized spacial score (nSPS) is 10.3. The van der Waals surface area contributed by atoms with Crippen LogP contribution in [0.5, 0.6) is 0 Å². The Balaban J connectivity index is 2.26. The maximum Gasteiger partial charge on any atom is 0.337 e. The van der Waals surface area contributed by atoms with E-state index in [1.165, 1.54) is 7.11 Å². The van der Waals surface area contributed by atoms with Gasteiger partial charge in [0, 0.05) is 17.7 Å². The Kier molecular flexibility index (Phi) is 4.61. The number of carbonyl (C=O) groups excluding carboxylic acids is 2. The number of methoxy groups -OCH3 is 1. The van der Waals surface area contributed by atoms with Crippen molar-refractivity contribution in [2.75, 3.05) is 12.8 Å². The lowest BCUT2D eigenvalue weighted by molar-refractivity contribution is 0.0600. The number of esters is 1. The highest BCUT2D eigenvalue weighted by Gasteiger charge is 2.13. The van der Waals surface area contributed by atoms with Gasteiger partial charge in [0.05, 0.1) is 12.7 Å². The highest BCUT2D eigenvalue weighted by molar-refractivity contribution is 5.99. The van der Waals surface area contributed by atoms with Crippen molar-refractivity contribution in [3.63, 3.8) is 0 Å². The van der Waals surface area contributed by atoms with Crippen LogP contribution in [0.25, 0.3) is 0 Å². The quantitative estimate of drug-likeness (QED) is 0.535. The van der Waals surface area contributed by atoms with E-state index in [-0.39, 0.29) is 12.2 Å². The summed E-state index contributed by atoms with van der Waals surface area (Å²) in [4.78, 5) is 24.0. The summed E-state index contributed by atoms with van der Waals surface area (Å²) in [6.07, 6.45) is 0.231. The van der Waals surface area contributed by atoms with Crippen molar-refractivity contribution in [1.82, 2.24) is 0 Å². The van der Waals surface area contributed by atoms with Crippen LogP contribution in [-0.2, 0) is 11.2 Å². The van der Waals surface area contributed by atoms with E-state index >= 15 is 0 Å². The van der Waals surface area contributed by atoms with E-state index < -0.39 is 5.97 Å². The number of nitrogens with two attached hydrogens (primary N) is 1. The summed E-state index contributed by atoms with van der Waals surface area (Å²) >= 11 is 0. The molecule has 0 aromatic heterocycles. The molecule has 2 rings (SSSR count). The minimum Gasteiger partial charge on any atom is -0.465 e. The molecule has 0 aliphatic heterocycles. The Labute approximate surface area is 129 Å². The van der Waals surface area contributed by atoms with E-state index in [2.05, 4.69) is 0 Å². The first kappa shape index (κ1) is 15.8. The van der Waals surface area contributed by atoms with Gasteiger partial charge in [0.2, 0.25) is 0 Å². The molecule has 0 aliphatic carbocycles. The Bertz CT molecular complexity index is 735. The molecule has 0 spiro atoms. The molecule has 0 saturated heterocycles. The van der Waals surface area contributed by atoms with Gasteiger partial charge in [-0.25, -0.2) is 4.79 Å². The van der Waals surface area contributed by atoms with Gasteiger partial charge in [0.1, 0.15) is 0 Å². The summed E-state index contributed by atoms with van der Waals surface area (Å²) in [5, 5.41) is 0. The average molecular weight is 297 g/mol. The molecule has 0 saturated carbocycles. The summed E-state index contributed by atoms with van der Waals surface area (Å²) in [5.74, 6) is -0.406. The summed E-state index contributed by atoms with van der Waals surface area (Å²) < 4.78 is 4.69. The number of benzene rings is 2.